The van der Waals surface area contributed by atoms with Gasteiger partial charge in [-0.3, -0.25) is 10.4 Å². The maximum absolute atomic E-state index is 5.36. The van der Waals surface area contributed by atoms with Crippen molar-refractivity contribution in [1.29, 1.82) is 0 Å². The van der Waals surface area contributed by atoms with E-state index in [1.54, 1.807) is 13.3 Å². The Kier molecular flexibility index (Phi) is 5.32. The van der Waals surface area contributed by atoms with Crippen LogP contribution in [-0.2, 0) is 0 Å². The summed E-state index contributed by atoms with van der Waals surface area (Å²) in [5.41, 5.74) is 9.29. The van der Waals surface area contributed by atoms with Gasteiger partial charge in [0.2, 0.25) is 0 Å². The SMILES string of the molecule is COc1cncc(C2CC3C(CN2)NNC3c2cccc(N3CCNCC3)n2)c1. The molecule has 4 N–H and O–H groups in total. The van der Waals surface area contributed by atoms with Crippen LogP contribution in [0.2, 0.25) is 0 Å². The Morgan fingerprint density at radius 3 is 2.90 bits per heavy atom. The number of nitrogens with one attached hydrogen (secondary N) is 4. The lowest BCUT2D eigenvalue weighted by atomic mass is 9.81. The molecule has 3 aliphatic rings. The van der Waals surface area contributed by atoms with Crippen molar-refractivity contribution in [1.82, 2.24) is 31.5 Å². The molecular formula is C21H29N7O. The number of piperidine rings is 1. The van der Waals surface area contributed by atoms with E-state index >= 15 is 0 Å². The zero-order valence-corrected chi connectivity index (χ0v) is 16.8. The maximum atomic E-state index is 5.36. The van der Waals surface area contributed by atoms with Crippen molar-refractivity contribution >= 4 is 5.82 Å². The van der Waals surface area contributed by atoms with Crippen LogP contribution >= 0.6 is 0 Å². The first kappa shape index (κ1) is 18.7. The number of methoxy groups -OCH3 is 1. The van der Waals surface area contributed by atoms with E-state index in [-0.39, 0.29) is 12.1 Å². The fourth-order valence-electron chi connectivity index (χ4n) is 4.74. The molecule has 0 amide bonds. The van der Waals surface area contributed by atoms with E-state index < -0.39 is 0 Å². The number of hydrazine groups is 1. The number of fused-ring (bicyclic) bond motifs is 1. The van der Waals surface area contributed by atoms with Gasteiger partial charge in [0.1, 0.15) is 11.6 Å². The number of pyridine rings is 2. The van der Waals surface area contributed by atoms with Gasteiger partial charge < -0.3 is 20.3 Å². The highest BCUT2D eigenvalue weighted by Gasteiger charge is 2.42. The topological polar surface area (TPSA) is 86.4 Å². The van der Waals surface area contributed by atoms with Crippen LogP contribution in [0.1, 0.15) is 29.8 Å². The summed E-state index contributed by atoms with van der Waals surface area (Å²) in [6, 6.07) is 9.35. The predicted molar refractivity (Wildman–Crippen MR) is 112 cm³/mol. The monoisotopic (exact) mass is 395 g/mol. The summed E-state index contributed by atoms with van der Waals surface area (Å²) in [5, 5.41) is 7.07. The number of piperazine rings is 1. The number of anilines is 1. The molecule has 29 heavy (non-hydrogen) atoms. The number of hydrogen-bond donors (Lipinski definition) is 4. The van der Waals surface area contributed by atoms with Gasteiger partial charge in [-0.1, -0.05) is 6.07 Å². The molecule has 5 rings (SSSR count). The van der Waals surface area contributed by atoms with Crippen molar-refractivity contribution in [2.75, 3.05) is 44.7 Å². The first-order valence-electron chi connectivity index (χ1n) is 10.5. The molecular weight excluding hydrogens is 366 g/mol. The number of rotatable bonds is 4. The quantitative estimate of drug-likeness (QED) is 0.604. The summed E-state index contributed by atoms with van der Waals surface area (Å²) < 4.78 is 5.36. The summed E-state index contributed by atoms with van der Waals surface area (Å²) in [5.74, 6) is 2.34. The molecule has 8 heteroatoms. The fourth-order valence-corrected chi connectivity index (χ4v) is 4.74. The minimum Gasteiger partial charge on any atom is -0.495 e. The first-order chi connectivity index (χ1) is 14.3. The van der Waals surface area contributed by atoms with Crippen molar-refractivity contribution < 1.29 is 4.74 Å². The molecule has 0 spiro atoms. The van der Waals surface area contributed by atoms with Crippen LogP contribution in [0.3, 0.4) is 0 Å². The second kappa shape index (κ2) is 8.23. The number of hydrogen-bond acceptors (Lipinski definition) is 8. The Bertz CT molecular complexity index is 841. The largest absolute Gasteiger partial charge is 0.495 e. The van der Waals surface area contributed by atoms with Crippen LogP contribution in [0.25, 0.3) is 0 Å². The van der Waals surface area contributed by atoms with Gasteiger partial charge in [-0.15, -0.1) is 0 Å². The molecule has 0 aliphatic carbocycles. The minimum atomic E-state index is 0.200. The molecule has 2 aromatic heterocycles. The highest BCUT2D eigenvalue weighted by atomic mass is 16.5. The molecule has 0 bridgehead atoms. The van der Waals surface area contributed by atoms with Gasteiger partial charge in [0, 0.05) is 56.9 Å². The Balaban J connectivity index is 1.35. The maximum Gasteiger partial charge on any atom is 0.137 e. The average Bonchev–Trinajstić information content (AvgIpc) is 3.23. The van der Waals surface area contributed by atoms with Gasteiger partial charge in [0.15, 0.2) is 0 Å². The van der Waals surface area contributed by atoms with Gasteiger partial charge in [0.25, 0.3) is 0 Å². The van der Waals surface area contributed by atoms with Crippen molar-refractivity contribution in [2.24, 2.45) is 5.92 Å². The molecule has 154 valence electrons. The van der Waals surface area contributed by atoms with Crippen LogP contribution in [0.4, 0.5) is 5.82 Å². The van der Waals surface area contributed by atoms with Gasteiger partial charge in [0.05, 0.1) is 25.0 Å². The van der Waals surface area contributed by atoms with Crippen molar-refractivity contribution in [3.63, 3.8) is 0 Å². The molecule has 4 unspecified atom stereocenters. The van der Waals surface area contributed by atoms with Crippen LogP contribution in [0, 0.1) is 5.92 Å². The number of nitrogens with zero attached hydrogens (tertiary/aromatic N) is 3. The molecule has 4 atom stereocenters. The summed E-state index contributed by atoms with van der Waals surface area (Å²) in [6.45, 7) is 4.96. The summed E-state index contributed by atoms with van der Waals surface area (Å²) in [7, 11) is 1.68. The summed E-state index contributed by atoms with van der Waals surface area (Å²) in [4.78, 5) is 11.7. The first-order valence-corrected chi connectivity index (χ1v) is 10.5. The lowest BCUT2D eigenvalue weighted by Gasteiger charge is -2.34. The molecule has 3 saturated heterocycles. The summed E-state index contributed by atoms with van der Waals surface area (Å²) >= 11 is 0. The lowest BCUT2D eigenvalue weighted by molar-refractivity contribution is 0.264. The highest BCUT2D eigenvalue weighted by molar-refractivity contribution is 5.40. The third-order valence-electron chi connectivity index (χ3n) is 6.35. The van der Waals surface area contributed by atoms with Crippen LogP contribution in [0.5, 0.6) is 5.75 Å². The lowest BCUT2D eigenvalue weighted by Crippen LogP contribution is -2.46. The van der Waals surface area contributed by atoms with Crippen molar-refractivity contribution in [3.05, 3.63) is 47.9 Å². The van der Waals surface area contributed by atoms with Gasteiger partial charge in [-0.25, -0.2) is 10.4 Å². The number of aromatic nitrogens is 2. The van der Waals surface area contributed by atoms with E-state index in [9.17, 15) is 0 Å². The number of ether oxygens (including phenoxy) is 1. The minimum absolute atomic E-state index is 0.200. The summed E-state index contributed by atoms with van der Waals surface area (Å²) in [6.07, 6.45) is 4.71. The molecule has 3 fully saturated rings. The van der Waals surface area contributed by atoms with E-state index in [4.69, 9.17) is 9.72 Å². The zero-order chi connectivity index (χ0) is 19.6. The molecule has 8 nitrogen and oxygen atoms in total. The van der Waals surface area contributed by atoms with Gasteiger partial charge in [-0.05, 0) is 30.2 Å². The Labute approximate surface area is 171 Å². The van der Waals surface area contributed by atoms with Gasteiger partial charge in [-0.2, -0.15) is 0 Å². The molecule has 0 radical (unpaired) electrons. The third-order valence-corrected chi connectivity index (χ3v) is 6.35. The fraction of sp³-hybridized carbons (Fsp3) is 0.524. The highest BCUT2D eigenvalue weighted by Crippen LogP contribution is 2.38. The van der Waals surface area contributed by atoms with E-state index in [0.717, 1.165) is 56.4 Å². The van der Waals surface area contributed by atoms with E-state index in [1.165, 1.54) is 5.56 Å². The molecule has 5 heterocycles. The second-order valence-corrected chi connectivity index (χ2v) is 8.05. The predicted octanol–water partition coefficient (Wildman–Crippen LogP) is 0.763. The van der Waals surface area contributed by atoms with Crippen LogP contribution < -0.4 is 31.1 Å². The Morgan fingerprint density at radius 2 is 2.03 bits per heavy atom. The van der Waals surface area contributed by atoms with Crippen LogP contribution in [-0.4, -0.2) is 55.8 Å². The Morgan fingerprint density at radius 1 is 1.14 bits per heavy atom. The zero-order valence-electron chi connectivity index (χ0n) is 16.8. The average molecular weight is 396 g/mol. The normalized spacial score (nSPS) is 29.5. The van der Waals surface area contributed by atoms with Crippen molar-refractivity contribution in [3.8, 4) is 5.75 Å². The molecule has 0 aromatic carbocycles. The molecule has 0 saturated carbocycles. The molecule has 3 aliphatic heterocycles. The Hall–Kier alpha value is -2.26. The second-order valence-electron chi connectivity index (χ2n) is 8.05. The van der Waals surface area contributed by atoms with Crippen molar-refractivity contribution in [2.45, 2.75) is 24.5 Å². The smallest absolute Gasteiger partial charge is 0.137 e. The van der Waals surface area contributed by atoms with E-state index in [2.05, 4.69) is 55.6 Å². The van der Waals surface area contributed by atoms with Crippen LogP contribution in [0.15, 0.2) is 36.7 Å². The third kappa shape index (κ3) is 3.81. The van der Waals surface area contributed by atoms with E-state index in [0.29, 0.717) is 12.0 Å². The molecule has 2 aromatic rings. The standard InChI is InChI=1S/C21H29N7O/c1-29-15-9-14(11-23-12-15)18-10-16-19(13-24-18)26-27-21(16)17-3-2-4-20(25-17)28-7-5-22-6-8-28/h2-4,9,11-12,16,18-19,21-22,24,26-27H,5-8,10,13H2,1H3. The van der Waals surface area contributed by atoms with Gasteiger partial charge >= 0.3 is 0 Å². The van der Waals surface area contributed by atoms with E-state index in [1.807, 2.05) is 6.20 Å².